The van der Waals surface area contributed by atoms with E-state index < -0.39 is 5.91 Å². The van der Waals surface area contributed by atoms with Crippen molar-refractivity contribution in [3.05, 3.63) is 41.0 Å². The van der Waals surface area contributed by atoms with Crippen molar-refractivity contribution < 1.29 is 19.1 Å². The Kier molecular flexibility index (Phi) is 6.63. The quantitative estimate of drug-likeness (QED) is 0.619. The second-order valence-electron chi connectivity index (χ2n) is 5.38. The molecule has 1 amide bonds. The molecule has 0 radical (unpaired) electrons. The first-order chi connectivity index (χ1) is 10.3. The molecular formula is C17H23NO4. The number of hydrogen-bond acceptors (Lipinski definition) is 4. The number of methoxy groups -OCH3 is 1. The number of hydrogen-bond donors (Lipinski definition) is 1. The normalized spacial score (nSPS) is 11.9. The molecule has 1 aromatic rings. The molecule has 1 rings (SSSR count). The molecule has 0 atom stereocenters. The molecule has 0 aliphatic rings. The summed E-state index contributed by atoms with van der Waals surface area (Å²) >= 11 is 0. The fraction of sp³-hybridized carbons (Fsp3) is 0.412. The highest BCUT2D eigenvalue weighted by molar-refractivity contribution is 5.89. The molecule has 0 fully saturated rings. The third-order valence-corrected chi connectivity index (χ3v) is 3.46. The van der Waals surface area contributed by atoms with E-state index in [1.54, 1.807) is 12.1 Å². The highest BCUT2D eigenvalue weighted by Crippen LogP contribution is 2.21. The minimum absolute atomic E-state index is 0.154. The maximum atomic E-state index is 12.0. The van der Waals surface area contributed by atoms with E-state index in [-0.39, 0.29) is 18.5 Å². The largest absolute Gasteiger partial charge is 0.484 e. The van der Waals surface area contributed by atoms with Crippen molar-refractivity contribution in [2.45, 2.75) is 27.2 Å². The van der Waals surface area contributed by atoms with Crippen molar-refractivity contribution in [2.24, 2.45) is 11.7 Å². The Balaban J connectivity index is 2.89. The van der Waals surface area contributed by atoms with Gasteiger partial charge in [0.05, 0.1) is 7.11 Å². The summed E-state index contributed by atoms with van der Waals surface area (Å²) in [4.78, 5) is 22.6. The summed E-state index contributed by atoms with van der Waals surface area (Å²) < 4.78 is 10.1. The van der Waals surface area contributed by atoms with Crippen LogP contribution in [0, 0.1) is 5.92 Å². The molecule has 2 N–H and O–H groups in total. The van der Waals surface area contributed by atoms with Gasteiger partial charge >= 0.3 is 5.97 Å². The lowest BCUT2D eigenvalue weighted by molar-refractivity contribution is -0.136. The van der Waals surface area contributed by atoms with Gasteiger partial charge in [-0.1, -0.05) is 31.6 Å². The Morgan fingerprint density at radius 3 is 2.23 bits per heavy atom. The summed E-state index contributed by atoms with van der Waals surface area (Å²) in [6, 6.07) is 7.20. The van der Waals surface area contributed by atoms with E-state index in [2.05, 4.69) is 0 Å². The van der Waals surface area contributed by atoms with Gasteiger partial charge in [0, 0.05) is 12.0 Å². The summed E-state index contributed by atoms with van der Waals surface area (Å²) in [6.07, 6.45) is 0.493. The molecule has 0 unspecified atom stereocenters. The van der Waals surface area contributed by atoms with Gasteiger partial charge in [0.1, 0.15) is 5.75 Å². The Bertz CT molecular complexity index is 559. The van der Waals surface area contributed by atoms with Gasteiger partial charge in [-0.15, -0.1) is 0 Å². The molecule has 5 nitrogen and oxygen atoms in total. The maximum absolute atomic E-state index is 12.0. The van der Waals surface area contributed by atoms with Crippen molar-refractivity contribution >= 4 is 11.9 Å². The van der Waals surface area contributed by atoms with E-state index in [1.807, 2.05) is 32.9 Å². The van der Waals surface area contributed by atoms with Crippen LogP contribution in [0.5, 0.6) is 5.75 Å². The van der Waals surface area contributed by atoms with Crippen molar-refractivity contribution in [1.29, 1.82) is 0 Å². The number of esters is 1. The minimum Gasteiger partial charge on any atom is -0.484 e. The van der Waals surface area contributed by atoms with Crippen LogP contribution in [-0.2, 0) is 20.7 Å². The zero-order chi connectivity index (χ0) is 16.7. The number of amides is 1. The molecule has 0 aromatic heterocycles. The fourth-order valence-corrected chi connectivity index (χ4v) is 1.91. The Morgan fingerprint density at radius 2 is 1.77 bits per heavy atom. The van der Waals surface area contributed by atoms with E-state index in [1.165, 1.54) is 7.11 Å². The van der Waals surface area contributed by atoms with Crippen LogP contribution < -0.4 is 10.5 Å². The van der Waals surface area contributed by atoms with Crippen LogP contribution in [0.25, 0.3) is 0 Å². The molecule has 0 bridgehead atoms. The molecule has 0 spiro atoms. The average molecular weight is 305 g/mol. The van der Waals surface area contributed by atoms with E-state index in [0.29, 0.717) is 17.7 Å². The SMILES string of the molecule is COC(=O)C(Cc1ccc(OCC(N)=O)cc1)=C(C)C(C)C. The topological polar surface area (TPSA) is 78.6 Å². The number of nitrogens with two attached hydrogens (primary N) is 1. The maximum Gasteiger partial charge on any atom is 0.334 e. The monoisotopic (exact) mass is 305 g/mol. The number of allylic oxidation sites excluding steroid dienone is 1. The summed E-state index contributed by atoms with van der Waals surface area (Å²) in [7, 11) is 1.39. The molecule has 0 aliphatic heterocycles. The fourth-order valence-electron chi connectivity index (χ4n) is 1.91. The van der Waals surface area contributed by atoms with E-state index in [0.717, 1.165) is 11.1 Å². The lowest BCUT2D eigenvalue weighted by atomic mass is 9.94. The number of benzene rings is 1. The number of primary amides is 1. The third kappa shape index (κ3) is 5.24. The number of carbonyl (C=O) groups excluding carboxylic acids is 2. The Morgan fingerprint density at radius 1 is 1.18 bits per heavy atom. The summed E-state index contributed by atoms with van der Waals surface area (Å²) in [6.45, 7) is 5.87. The van der Waals surface area contributed by atoms with Gasteiger partial charge in [0.25, 0.3) is 5.91 Å². The van der Waals surface area contributed by atoms with Gasteiger partial charge in [-0.25, -0.2) is 4.79 Å². The number of rotatable bonds is 7. The summed E-state index contributed by atoms with van der Waals surface area (Å²) in [5, 5.41) is 0. The molecule has 1 aromatic carbocycles. The van der Waals surface area contributed by atoms with Gasteiger partial charge in [-0.2, -0.15) is 0 Å². The van der Waals surface area contributed by atoms with E-state index >= 15 is 0 Å². The lowest BCUT2D eigenvalue weighted by Gasteiger charge is -2.14. The van der Waals surface area contributed by atoms with Gasteiger partial charge < -0.3 is 15.2 Å². The zero-order valence-electron chi connectivity index (χ0n) is 13.5. The third-order valence-electron chi connectivity index (χ3n) is 3.46. The van der Waals surface area contributed by atoms with Crippen LogP contribution in [0.2, 0.25) is 0 Å². The molecule has 5 heteroatoms. The van der Waals surface area contributed by atoms with Crippen molar-refractivity contribution in [1.82, 2.24) is 0 Å². The van der Waals surface area contributed by atoms with E-state index in [9.17, 15) is 9.59 Å². The molecule has 0 saturated heterocycles. The first-order valence-corrected chi connectivity index (χ1v) is 7.13. The Labute approximate surface area is 131 Å². The molecule has 0 saturated carbocycles. The highest BCUT2D eigenvalue weighted by atomic mass is 16.5. The molecule has 120 valence electrons. The van der Waals surface area contributed by atoms with Crippen LogP contribution in [0.4, 0.5) is 0 Å². The van der Waals surface area contributed by atoms with Gasteiger partial charge in [-0.3, -0.25) is 4.79 Å². The van der Waals surface area contributed by atoms with Crippen LogP contribution in [0.15, 0.2) is 35.4 Å². The Hall–Kier alpha value is -2.30. The van der Waals surface area contributed by atoms with Crippen LogP contribution in [-0.4, -0.2) is 25.6 Å². The van der Waals surface area contributed by atoms with E-state index in [4.69, 9.17) is 15.2 Å². The summed E-state index contributed by atoms with van der Waals surface area (Å²) in [5.74, 6) is 0.00630. The predicted octanol–water partition coefficient (Wildman–Crippen LogP) is 2.24. The van der Waals surface area contributed by atoms with Gasteiger partial charge in [0.15, 0.2) is 6.61 Å². The van der Waals surface area contributed by atoms with Crippen LogP contribution in [0.1, 0.15) is 26.3 Å². The first kappa shape index (κ1) is 17.8. The minimum atomic E-state index is -0.521. The van der Waals surface area contributed by atoms with Gasteiger partial charge in [0.2, 0.25) is 0 Å². The predicted molar refractivity (Wildman–Crippen MR) is 84.4 cm³/mol. The van der Waals surface area contributed by atoms with Crippen molar-refractivity contribution in [3.63, 3.8) is 0 Å². The first-order valence-electron chi connectivity index (χ1n) is 7.13. The molecular weight excluding hydrogens is 282 g/mol. The molecule has 0 heterocycles. The van der Waals surface area contributed by atoms with Crippen LogP contribution >= 0.6 is 0 Å². The van der Waals surface area contributed by atoms with Crippen molar-refractivity contribution in [3.8, 4) is 5.75 Å². The van der Waals surface area contributed by atoms with Gasteiger partial charge in [-0.05, 0) is 30.5 Å². The van der Waals surface area contributed by atoms with Crippen molar-refractivity contribution in [2.75, 3.05) is 13.7 Å². The smallest absolute Gasteiger partial charge is 0.334 e. The molecule has 22 heavy (non-hydrogen) atoms. The second-order valence-corrected chi connectivity index (χ2v) is 5.38. The average Bonchev–Trinajstić information content (AvgIpc) is 2.50. The molecule has 0 aliphatic carbocycles. The summed E-state index contributed by atoms with van der Waals surface area (Å²) in [5.41, 5.74) is 7.67. The lowest BCUT2D eigenvalue weighted by Crippen LogP contribution is -2.20. The second kappa shape index (κ2) is 8.22. The number of ether oxygens (including phenoxy) is 2. The number of carbonyl (C=O) groups is 2. The highest BCUT2D eigenvalue weighted by Gasteiger charge is 2.16. The van der Waals surface area contributed by atoms with Crippen LogP contribution in [0.3, 0.4) is 0 Å². The zero-order valence-corrected chi connectivity index (χ0v) is 13.5. The standard InChI is InChI=1S/C17H23NO4/c1-11(2)12(3)15(17(20)21-4)9-13-5-7-14(8-6-13)22-10-16(18)19/h5-8,11H,9-10H2,1-4H3,(H2,18,19).